The van der Waals surface area contributed by atoms with Crippen molar-refractivity contribution in [3.05, 3.63) is 64.9 Å². The van der Waals surface area contributed by atoms with E-state index in [0.29, 0.717) is 23.1 Å². The Hall–Kier alpha value is -3.39. The van der Waals surface area contributed by atoms with Gasteiger partial charge in [0, 0.05) is 5.56 Å². The standard InChI is InChI=1S/C20H16N4O3S/c1-25-14-7-3-2-6-13(14)10-11-18-23-24-19(21-22-20(24)28-18)17-12-26-15-8-4-5-9-16(15)27-17/h2-11,17H,12H2,1H3/b11-10-/t17-/m0/s1. The molecule has 1 atom stereocenters. The predicted octanol–water partition coefficient (Wildman–Crippen LogP) is 3.88. The maximum atomic E-state index is 6.03. The third kappa shape index (κ3) is 2.97. The van der Waals surface area contributed by atoms with Gasteiger partial charge < -0.3 is 14.2 Å². The Bertz CT molecular complexity index is 1170. The average Bonchev–Trinajstić information content (AvgIpc) is 3.32. The second-order valence-corrected chi connectivity index (χ2v) is 7.12. The number of nitrogens with zero attached hydrogens (tertiary/aromatic N) is 4. The minimum Gasteiger partial charge on any atom is -0.496 e. The second-order valence-electron chi connectivity index (χ2n) is 6.13. The van der Waals surface area contributed by atoms with Crippen LogP contribution in [0, 0.1) is 0 Å². The van der Waals surface area contributed by atoms with Crippen LogP contribution in [0.5, 0.6) is 17.2 Å². The topological polar surface area (TPSA) is 70.8 Å². The monoisotopic (exact) mass is 392 g/mol. The van der Waals surface area contributed by atoms with E-state index in [2.05, 4.69) is 15.3 Å². The summed E-state index contributed by atoms with van der Waals surface area (Å²) in [6.45, 7) is 0.363. The van der Waals surface area contributed by atoms with Gasteiger partial charge in [-0.05, 0) is 30.4 Å². The molecule has 140 valence electrons. The van der Waals surface area contributed by atoms with Crippen LogP contribution in [0.4, 0.5) is 0 Å². The summed E-state index contributed by atoms with van der Waals surface area (Å²) in [4.78, 5) is 0.706. The molecular weight excluding hydrogens is 376 g/mol. The summed E-state index contributed by atoms with van der Waals surface area (Å²) < 4.78 is 18.9. The Labute approximate surface area is 164 Å². The molecule has 2 aromatic heterocycles. The van der Waals surface area contributed by atoms with Crippen molar-refractivity contribution in [1.29, 1.82) is 0 Å². The summed E-state index contributed by atoms with van der Waals surface area (Å²) in [5, 5.41) is 13.9. The van der Waals surface area contributed by atoms with Crippen molar-refractivity contribution in [2.75, 3.05) is 13.7 Å². The number of hydrogen-bond acceptors (Lipinski definition) is 7. The molecule has 1 aliphatic rings. The molecular formula is C20H16N4O3S. The number of para-hydroxylation sites is 3. The molecule has 0 radical (unpaired) electrons. The largest absolute Gasteiger partial charge is 0.496 e. The van der Waals surface area contributed by atoms with Gasteiger partial charge in [0.05, 0.1) is 7.11 Å². The van der Waals surface area contributed by atoms with Gasteiger partial charge in [0.15, 0.2) is 23.4 Å². The summed E-state index contributed by atoms with van der Waals surface area (Å²) in [6.07, 6.45) is 3.55. The van der Waals surface area contributed by atoms with Crippen molar-refractivity contribution in [1.82, 2.24) is 19.8 Å². The first kappa shape index (κ1) is 16.8. The number of hydrogen-bond donors (Lipinski definition) is 0. The number of rotatable bonds is 4. The van der Waals surface area contributed by atoms with Crippen LogP contribution in [0.1, 0.15) is 22.5 Å². The SMILES string of the molecule is COc1ccccc1/C=C\c1nn2c([C@@H]3COc4ccccc4O3)nnc2s1. The minimum absolute atomic E-state index is 0.363. The first-order valence-electron chi connectivity index (χ1n) is 8.73. The molecule has 7 nitrogen and oxygen atoms in total. The summed E-state index contributed by atoms with van der Waals surface area (Å²) in [5.41, 5.74) is 0.983. The van der Waals surface area contributed by atoms with Gasteiger partial charge in [0.1, 0.15) is 17.4 Å². The van der Waals surface area contributed by atoms with Crippen molar-refractivity contribution in [2.45, 2.75) is 6.10 Å². The normalized spacial score (nSPS) is 16.0. The lowest BCUT2D eigenvalue weighted by Gasteiger charge is -2.24. The maximum Gasteiger partial charge on any atom is 0.235 e. The Balaban J connectivity index is 1.43. The number of methoxy groups -OCH3 is 1. The summed E-state index contributed by atoms with van der Waals surface area (Å²) in [6, 6.07) is 15.4. The van der Waals surface area contributed by atoms with Crippen LogP contribution in [0.2, 0.25) is 0 Å². The molecule has 5 rings (SSSR count). The van der Waals surface area contributed by atoms with Crippen molar-refractivity contribution < 1.29 is 14.2 Å². The molecule has 0 N–H and O–H groups in total. The highest BCUT2D eigenvalue weighted by Gasteiger charge is 2.28. The van der Waals surface area contributed by atoms with Crippen LogP contribution in [0.25, 0.3) is 17.1 Å². The molecule has 4 aromatic rings. The van der Waals surface area contributed by atoms with Crippen molar-refractivity contribution in [3.8, 4) is 17.2 Å². The van der Waals surface area contributed by atoms with E-state index in [-0.39, 0.29) is 6.10 Å². The summed E-state index contributed by atoms with van der Waals surface area (Å²) in [7, 11) is 1.66. The fraction of sp³-hybridized carbons (Fsp3) is 0.150. The van der Waals surface area contributed by atoms with Crippen LogP contribution in [0.15, 0.2) is 48.5 Å². The minimum atomic E-state index is -0.363. The average molecular weight is 392 g/mol. The van der Waals surface area contributed by atoms with Gasteiger partial charge in [-0.25, -0.2) is 0 Å². The third-order valence-electron chi connectivity index (χ3n) is 4.37. The Morgan fingerprint density at radius 1 is 1.07 bits per heavy atom. The lowest BCUT2D eigenvalue weighted by atomic mass is 10.2. The molecule has 0 spiro atoms. The Morgan fingerprint density at radius 2 is 1.89 bits per heavy atom. The van der Waals surface area contributed by atoms with Gasteiger partial charge >= 0.3 is 0 Å². The van der Waals surface area contributed by atoms with Gasteiger partial charge in [-0.1, -0.05) is 41.7 Å². The summed E-state index contributed by atoms with van der Waals surface area (Å²) in [5.74, 6) is 2.87. The molecule has 8 heteroatoms. The molecule has 0 fully saturated rings. The van der Waals surface area contributed by atoms with E-state index in [1.54, 1.807) is 11.6 Å². The van der Waals surface area contributed by atoms with Gasteiger partial charge in [0.25, 0.3) is 0 Å². The van der Waals surface area contributed by atoms with E-state index >= 15 is 0 Å². The smallest absolute Gasteiger partial charge is 0.235 e. The van der Waals surface area contributed by atoms with E-state index in [1.165, 1.54) is 11.3 Å². The first-order chi connectivity index (χ1) is 13.8. The van der Waals surface area contributed by atoms with Gasteiger partial charge in [-0.15, -0.1) is 10.2 Å². The summed E-state index contributed by atoms with van der Waals surface area (Å²) >= 11 is 1.45. The number of benzene rings is 2. The molecule has 3 heterocycles. The highest BCUT2D eigenvalue weighted by atomic mass is 32.1. The molecule has 0 saturated carbocycles. The molecule has 2 aromatic carbocycles. The lowest BCUT2D eigenvalue weighted by molar-refractivity contribution is 0.0836. The first-order valence-corrected chi connectivity index (χ1v) is 9.55. The van der Waals surface area contributed by atoms with E-state index in [1.807, 2.05) is 60.7 Å². The Kier molecular flexibility index (Phi) is 4.17. The van der Waals surface area contributed by atoms with E-state index in [9.17, 15) is 0 Å². The molecule has 0 saturated heterocycles. The second kappa shape index (κ2) is 6.97. The van der Waals surface area contributed by atoms with Gasteiger partial charge in [-0.2, -0.15) is 9.61 Å². The fourth-order valence-electron chi connectivity index (χ4n) is 3.03. The zero-order chi connectivity index (χ0) is 18.9. The van der Waals surface area contributed by atoms with Gasteiger partial charge in [-0.3, -0.25) is 0 Å². The van der Waals surface area contributed by atoms with E-state index in [0.717, 1.165) is 22.1 Å². The van der Waals surface area contributed by atoms with Crippen LogP contribution < -0.4 is 14.2 Å². The van der Waals surface area contributed by atoms with E-state index in [4.69, 9.17) is 14.2 Å². The molecule has 0 amide bonds. The van der Waals surface area contributed by atoms with Crippen LogP contribution >= 0.6 is 11.3 Å². The number of fused-ring (bicyclic) bond motifs is 2. The van der Waals surface area contributed by atoms with Crippen LogP contribution in [-0.4, -0.2) is 33.5 Å². The number of ether oxygens (including phenoxy) is 3. The van der Waals surface area contributed by atoms with Crippen molar-refractivity contribution in [2.24, 2.45) is 0 Å². The highest BCUT2D eigenvalue weighted by Crippen LogP contribution is 2.35. The molecule has 0 unspecified atom stereocenters. The van der Waals surface area contributed by atoms with Gasteiger partial charge in [0.2, 0.25) is 4.96 Å². The highest BCUT2D eigenvalue weighted by molar-refractivity contribution is 7.17. The maximum absolute atomic E-state index is 6.03. The predicted molar refractivity (Wildman–Crippen MR) is 106 cm³/mol. The quantitative estimate of drug-likeness (QED) is 0.525. The molecule has 1 aliphatic heterocycles. The van der Waals surface area contributed by atoms with Crippen molar-refractivity contribution >= 4 is 28.4 Å². The molecule has 0 aliphatic carbocycles. The fourth-order valence-corrected chi connectivity index (χ4v) is 3.78. The Morgan fingerprint density at radius 3 is 2.79 bits per heavy atom. The molecule has 0 bridgehead atoms. The van der Waals surface area contributed by atoms with Crippen LogP contribution in [-0.2, 0) is 0 Å². The van der Waals surface area contributed by atoms with Crippen LogP contribution in [0.3, 0.4) is 0 Å². The molecule has 28 heavy (non-hydrogen) atoms. The third-order valence-corrected chi connectivity index (χ3v) is 5.24. The number of aromatic nitrogens is 4. The van der Waals surface area contributed by atoms with Crippen molar-refractivity contribution in [3.63, 3.8) is 0 Å². The lowest BCUT2D eigenvalue weighted by Crippen LogP contribution is -2.23. The zero-order valence-electron chi connectivity index (χ0n) is 15.0. The van der Waals surface area contributed by atoms with E-state index < -0.39 is 0 Å². The zero-order valence-corrected chi connectivity index (χ0v) is 15.8.